The number of halogens is 1. The van der Waals surface area contributed by atoms with Gasteiger partial charge >= 0.3 is 0 Å². The zero-order chi connectivity index (χ0) is 27.3. The van der Waals surface area contributed by atoms with E-state index in [-0.39, 0.29) is 10.1 Å². The van der Waals surface area contributed by atoms with Gasteiger partial charge in [0.2, 0.25) is 5.69 Å². The third-order valence-electron chi connectivity index (χ3n) is 6.48. The number of carbonyl (C=O) groups is 2. The number of nitrogens with one attached hydrogen (secondary N) is 3. The molecule has 0 heterocycles. The fourth-order valence-electron chi connectivity index (χ4n) is 2.99. The highest BCUT2D eigenvalue weighted by Gasteiger charge is 2.37. The predicted octanol–water partition coefficient (Wildman–Crippen LogP) is 5.34. The molecule has 0 saturated carbocycles. The molecule has 0 aromatic heterocycles. The first-order chi connectivity index (χ1) is 16.7. The Bertz CT molecular complexity index is 1140. The molecule has 8 nitrogen and oxygen atoms in total. The number of aliphatic hydroxyl groups excluding tert-OH is 1. The monoisotopic (exact) mass is 530 g/mol. The lowest BCUT2D eigenvalue weighted by Crippen LogP contribution is -2.52. The molecule has 2 rings (SSSR count). The maximum Gasteiger partial charge on any atom is 0.269 e. The first-order valence-corrected chi connectivity index (χ1v) is 14.9. The van der Waals surface area contributed by atoms with Gasteiger partial charge in [-0.1, -0.05) is 50.6 Å². The van der Waals surface area contributed by atoms with Gasteiger partial charge in [0.05, 0.1) is 24.3 Å². The molecular weight excluding hydrogens is 496 g/mol. The molecule has 2 amide bonds. The highest BCUT2D eigenvalue weighted by atomic mass is 35.5. The Morgan fingerprint density at radius 3 is 2.28 bits per heavy atom. The quantitative estimate of drug-likeness (QED) is 0.209. The third-order valence-corrected chi connectivity index (χ3v) is 11.4. The van der Waals surface area contributed by atoms with E-state index in [2.05, 4.69) is 54.9 Å². The van der Waals surface area contributed by atoms with Gasteiger partial charge in [-0.2, -0.15) is 0 Å². The Hall–Kier alpha value is -2.90. The van der Waals surface area contributed by atoms with Crippen LogP contribution in [0.5, 0.6) is 0 Å². The van der Waals surface area contributed by atoms with Crippen molar-refractivity contribution in [1.82, 2.24) is 10.9 Å². The lowest BCUT2D eigenvalue weighted by atomic mass is 10.1. The van der Waals surface area contributed by atoms with Gasteiger partial charge in [0, 0.05) is 11.3 Å². The summed E-state index contributed by atoms with van der Waals surface area (Å²) < 4.78 is 6.21. The summed E-state index contributed by atoms with van der Waals surface area (Å²) in [5.41, 5.74) is 7.42. The number of anilines is 1. The average molecular weight is 531 g/mol. The van der Waals surface area contributed by atoms with Gasteiger partial charge in [-0.15, -0.1) is 0 Å². The van der Waals surface area contributed by atoms with Crippen LogP contribution in [0.25, 0.3) is 4.85 Å². The molecule has 194 valence electrons. The van der Waals surface area contributed by atoms with Crippen molar-refractivity contribution in [1.29, 1.82) is 0 Å². The van der Waals surface area contributed by atoms with Crippen LogP contribution in [-0.2, 0) is 15.8 Å². The van der Waals surface area contributed by atoms with E-state index in [9.17, 15) is 14.7 Å². The van der Waals surface area contributed by atoms with Gasteiger partial charge in [-0.05, 0) is 61.3 Å². The van der Waals surface area contributed by atoms with Gasteiger partial charge in [-0.3, -0.25) is 20.4 Å². The third kappa shape index (κ3) is 7.31. The van der Waals surface area contributed by atoms with Gasteiger partial charge in [0.1, 0.15) is 6.04 Å². The molecule has 0 aliphatic heterocycles. The van der Waals surface area contributed by atoms with Gasteiger partial charge in [0.15, 0.2) is 8.32 Å². The number of benzene rings is 2. The van der Waals surface area contributed by atoms with E-state index in [1.54, 1.807) is 25.1 Å². The van der Waals surface area contributed by atoms with Crippen molar-refractivity contribution >= 4 is 43.1 Å². The van der Waals surface area contributed by atoms with E-state index >= 15 is 0 Å². The van der Waals surface area contributed by atoms with Gasteiger partial charge < -0.3 is 14.8 Å². The summed E-state index contributed by atoms with van der Waals surface area (Å²) in [4.78, 5) is 28.6. The van der Waals surface area contributed by atoms with Crippen LogP contribution in [0.1, 0.15) is 49.2 Å². The minimum atomic E-state index is -1.88. The first kappa shape index (κ1) is 29.3. The van der Waals surface area contributed by atoms with Crippen molar-refractivity contribution in [2.24, 2.45) is 0 Å². The molecule has 2 aromatic carbocycles. The van der Waals surface area contributed by atoms with Crippen LogP contribution in [0, 0.1) is 13.5 Å². The second kappa shape index (κ2) is 11.9. The van der Waals surface area contributed by atoms with Crippen LogP contribution in [0.15, 0.2) is 36.4 Å². The minimum Gasteiger partial charge on any atom is -0.413 e. The molecular formula is C26H35ClN4O4Si. The number of aliphatic hydroxyl groups is 1. The van der Waals surface area contributed by atoms with E-state index in [0.29, 0.717) is 29.1 Å². The molecule has 0 radical (unpaired) electrons. The van der Waals surface area contributed by atoms with E-state index < -0.39 is 32.3 Å². The highest BCUT2D eigenvalue weighted by Crippen LogP contribution is 2.37. The van der Waals surface area contributed by atoms with Crippen molar-refractivity contribution in [2.45, 2.75) is 71.5 Å². The number of amides is 2. The van der Waals surface area contributed by atoms with Crippen molar-refractivity contribution in [2.75, 3.05) is 5.32 Å². The van der Waals surface area contributed by atoms with Gasteiger partial charge in [0.25, 0.3) is 11.8 Å². The van der Waals surface area contributed by atoms with Crippen molar-refractivity contribution in [3.05, 3.63) is 69.5 Å². The van der Waals surface area contributed by atoms with E-state index in [1.807, 2.05) is 12.1 Å². The first-order valence-electron chi connectivity index (χ1n) is 11.6. The lowest BCUT2D eigenvalue weighted by Gasteiger charge is -2.36. The fourth-order valence-corrected chi connectivity index (χ4v) is 4.15. The van der Waals surface area contributed by atoms with Crippen molar-refractivity contribution < 1.29 is 19.1 Å². The van der Waals surface area contributed by atoms with Crippen molar-refractivity contribution in [3.8, 4) is 0 Å². The summed E-state index contributed by atoms with van der Waals surface area (Å²) in [6.07, 6.45) is -1.08. The number of hydrogen-bond donors (Lipinski definition) is 4. The molecule has 4 N–H and O–H groups in total. The van der Waals surface area contributed by atoms with Crippen LogP contribution in [0.4, 0.5) is 11.4 Å². The summed E-state index contributed by atoms with van der Waals surface area (Å²) in [5, 5.41) is 13.5. The number of carbonyl (C=O) groups excluding carboxylic acids is 2. The number of hydrogen-bond acceptors (Lipinski definition) is 5. The summed E-state index contributed by atoms with van der Waals surface area (Å²) in [7, 11) is -1.88. The van der Waals surface area contributed by atoms with E-state index in [4.69, 9.17) is 22.6 Å². The van der Waals surface area contributed by atoms with Crippen LogP contribution in [0.2, 0.25) is 23.2 Å². The largest absolute Gasteiger partial charge is 0.413 e. The molecule has 36 heavy (non-hydrogen) atoms. The normalized spacial score (nSPS) is 13.3. The molecule has 0 fully saturated rings. The van der Waals surface area contributed by atoms with Crippen LogP contribution in [-0.4, -0.2) is 37.4 Å². The zero-order valence-corrected chi connectivity index (χ0v) is 23.6. The van der Waals surface area contributed by atoms with Crippen LogP contribution >= 0.6 is 11.6 Å². The van der Waals surface area contributed by atoms with E-state index in [1.165, 1.54) is 13.0 Å². The lowest BCUT2D eigenvalue weighted by molar-refractivity contribution is -0.124. The molecule has 2 aromatic rings. The maximum atomic E-state index is 12.7. The Labute approximate surface area is 219 Å². The topological polar surface area (TPSA) is 104 Å². The summed E-state index contributed by atoms with van der Waals surface area (Å²) in [5.74, 6) is -1.13. The molecule has 10 heteroatoms. The minimum absolute atomic E-state index is 0.107. The molecule has 0 saturated heterocycles. The summed E-state index contributed by atoms with van der Waals surface area (Å²) >= 11 is 6.20. The Morgan fingerprint density at radius 1 is 1.14 bits per heavy atom. The fraction of sp³-hybridized carbons (Fsp3) is 0.423. The zero-order valence-electron chi connectivity index (χ0n) is 21.8. The molecule has 2 atom stereocenters. The maximum absolute atomic E-state index is 12.7. The van der Waals surface area contributed by atoms with Crippen LogP contribution < -0.4 is 16.2 Å². The average Bonchev–Trinajstić information content (AvgIpc) is 2.81. The Morgan fingerprint density at radius 2 is 1.75 bits per heavy atom. The number of rotatable bonds is 8. The molecule has 0 aliphatic rings. The summed E-state index contributed by atoms with van der Waals surface area (Å²) in [6, 6.07) is 9.05. The van der Waals surface area contributed by atoms with E-state index in [0.717, 1.165) is 5.56 Å². The number of hydrazine groups is 1. The molecule has 0 aliphatic carbocycles. The van der Waals surface area contributed by atoms with Gasteiger partial charge in [-0.25, -0.2) is 4.85 Å². The summed E-state index contributed by atoms with van der Waals surface area (Å²) in [6.45, 7) is 21.7. The second-order valence-electron chi connectivity index (χ2n) is 10.2. The number of nitrogens with zero attached hydrogens (tertiary/aromatic N) is 1. The van der Waals surface area contributed by atoms with Crippen LogP contribution in [0.3, 0.4) is 0 Å². The highest BCUT2D eigenvalue weighted by molar-refractivity contribution is 6.74. The standard InChI is InChI=1S/C26H35ClN4O4Si/c1-16-20(13-14-21(28-6)22(16)27)29-23(17(2)32)25(34)31-30-24(33)19-11-9-18(10-12-19)15-35-36(7,8)26(3,4)5/h9-14,17,23,29,32H,15H2,1-5,7-8H3,(H,30,33)(H,31,34)/t17-,23+/m0/s1. The second-order valence-corrected chi connectivity index (χ2v) is 15.4. The Balaban J connectivity index is 1.99. The molecule has 0 spiro atoms. The Kier molecular flexibility index (Phi) is 9.68. The van der Waals surface area contributed by atoms with Crippen molar-refractivity contribution in [3.63, 3.8) is 0 Å². The molecule has 0 bridgehead atoms. The predicted molar refractivity (Wildman–Crippen MR) is 146 cm³/mol. The molecule has 0 unspecified atom stereocenters. The smallest absolute Gasteiger partial charge is 0.269 e. The SMILES string of the molecule is [C-]#[N+]c1ccc(N[C@@H](C(=O)NNC(=O)c2ccc(CO[Si](C)(C)C(C)(C)C)cc2)[C@H](C)O)c(C)c1Cl.